The number of aryl methyl sites for hydroxylation is 3. The third kappa shape index (κ3) is 2.95. The van der Waals surface area contributed by atoms with E-state index in [0.29, 0.717) is 27.9 Å². The molecule has 0 bridgehead atoms. The van der Waals surface area contributed by atoms with Gasteiger partial charge in [-0.1, -0.05) is 23.7 Å². The Balaban J connectivity index is 2.44. The van der Waals surface area contributed by atoms with Crippen LogP contribution in [0.4, 0.5) is 0 Å². The summed E-state index contributed by atoms with van der Waals surface area (Å²) in [5, 5.41) is 16.8. The summed E-state index contributed by atoms with van der Waals surface area (Å²) in [4.78, 5) is 0. The lowest BCUT2D eigenvalue weighted by atomic mass is 10.1. The molecule has 0 aliphatic heterocycles. The Bertz CT molecular complexity index is 695. The molecule has 0 saturated carbocycles. The molecule has 0 unspecified atom stereocenters. The highest BCUT2D eigenvalue weighted by Crippen LogP contribution is 2.29. The lowest BCUT2D eigenvalue weighted by Crippen LogP contribution is -2.15. The van der Waals surface area contributed by atoms with Crippen LogP contribution in [-0.2, 0) is 13.5 Å². The van der Waals surface area contributed by atoms with E-state index in [0.717, 1.165) is 12.0 Å². The van der Waals surface area contributed by atoms with E-state index in [1.165, 1.54) is 0 Å². The van der Waals surface area contributed by atoms with Gasteiger partial charge < -0.3 is 15.7 Å². The summed E-state index contributed by atoms with van der Waals surface area (Å²) < 4.78 is 7.40. The molecule has 0 aliphatic rings. The minimum atomic E-state index is -0.0414. The molecular weight excluding hydrogens is 292 g/mol. The predicted molar refractivity (Wildman–Crippen MR) is 81.4 cm³/mol. The molecule has 0 radical (unpaired) electrons. The second-order valence-corrected chi connectivity index (χ2v) is 4.99. The van der Waals surface area contributed by atoms with Crippen molar-refractivity contribution in [3.05, 3.63) is 40.0 Å². The average Bonchev–Trinajstić information content (AvgIpc) is 2.74. The van der Waals surface area contributed by atoms with Crippen molar-refractivity contribution in [1.82, 2.24) is 9.78 Å². The van der Waals surface area contributed by atoms with Gasteiger partial charge in [0.2, 0.25) is 5.88 Å². The highest BCUT2D eigenvalue weighted by Gasteiger charge is 2.19. The molecule has 0 spiro atoms. The molecule has 2 rings (SSSR count). The maximum atomic E-state index is 8.88. The summed E-state index contributed by atoms with van der Waals surface area (Å²) in [6, 6.07) is 5.41. The van der Waals surface area contributed by atoms with Gasteiger partial charge in [0.05, 0.1) is 5.69 Å². The summed E-state index contributed by atoms with van der Waals surface area (Å²) >= 11 is 6.09. The molecule has 1 aromatic carbocycles. The van der Waals surface area contributed by atoms with Crippen LogP contribution in [0.15, 0.2) is 23.4 Å². The molecule has 0 amide bonds. The Morgan fingerprint density at radius 2 is 2.24 bits per heavy atom. The fraction of sp³-hybridized carbons (Fsp3) is 0.286. The second kappa shape index (κ2) is 6.05. The lowest BCUT2D eigenvalue weighted by molar-refractivity contribution is 0.318. The lowest BCUT2D eigenvalue weighted by Gasteiger charge is -2.10. The Labute approximate surface area is 127 Å². The van der Waals surface area contributed by atoms with Crippen LogP contribution < -0.4 is 10.5 Å². The van der Waals surface area contributed by atoms with Crippen molar-refractivity contribution in [2.75, 3.05) is 0 Å². The number of aromatic nitrogens is 2. The number of nitrogens with two attached hydrogens (primary N) is 1. The van der Waals surface area contributed by atoms with E-state index in [9.17, 15) is 0 Å². The van der Waals surface area contributed by atoms with E-state index in [2.05, 4.69) is 10.3 Å². The summed E-state index contributed by atoms with van der Waals surface area (Å²) in [7, 11) is 1.73. The van der Waals surface area contributed by atoms with Crippen molar-refractivity contribution in [2.24, 2.45) is 17.9 Å². The van der Waals surface area contributed by atoms with Gasteiger partial charge in [-0.25, -0.2) is 4.68 Å². The maximum Gasteiger partial charge on any atom is 0.229 e. The molecule has 3 N–H and O–H groups in total. The topological polar surface area (TPSA) is 85.7 Å². The predicted octanol–water partition coefficient (Wildman–Crippen LogP) is 2.83. The number of nitrogens with zero attached hydrogens (tertiary/aromatic N) is 3. The van der Waals surface area contributed by atoms with Gasteiger partial charge in [0.15, 0.2) is 5.84 Å². The second-order valence-electron chi connectivity index (χ2n) is 4.58. The summed E-state index contributed by atoms with van der Waals surface area (Å²) in [5.74, 6) is 0.985. The number of oxime groups is 1. The van der Waals surface area contributed by atoms with Crippen molar-refractivity contribution in [1.29, 1.82) is 0 Å². The number of halogens is 1. The fourth-order valence-electron chi connectivity index (χ4n) is 2.10. The van der Waals surface area contributed by atoms with Gasteiger partial charge >= 0.3 is 0 Å². The zero-order valence-electron chi connectivity index (χ0n) is 12.1. The Morgan fingerprint density at radius 3 is 2.86 bits per heavy atom. The number of amidine groups is 1. The number of hydrogen-bond donors (Lipinski definition) is 2. The van der Waals surface area contributed by atoms with Crippen LogP contribution in [0.25, 0.3) is 0 Å². The highest BCUT2D eigenvalue weighted by atomic mass is 35.5. The van der Waals surface area contributed by atoms with Crippen LogP contribution in [0.1, 0.15) is 23.7 Å². The molecule has 7 heteroatoms. The van der Waals surface area contributed by atoms with Crippen LogP contribution in [0.3, 0.4) is 0 Å². The van der Waals surface area contributed by atoms with Crippen molar-refractivity contribution in [2.45, 2.75) is 20.3 Å². The zero-order valence-corrected chi connectivity index (χ0v) is 12.8. The monoisotopic (exact) mass is 308 g/mol. The molecule has 1 aromatic heterocycles. The smallest absolute Gasteiger partial charge is 0.229 e. The molecule has 0 saturated heterocycles. The summed E-state index contributed by atoms with van der Waals surface area (Å²) in [6.45, 7) is 3.78. The maximum absolute atomic E-state index is 8.88. The Kier molecular flexibility index (Phi) is 4.37. The van der Waals surface area contributed by atoms with E-state index >= 15 is 0 Å². The Hall–Kier alpha value is -2.21. The van der Waals surface area contributed by atoms with Crippen molar-refractivity contribution in [3.8, 4) is 11.6 Å². The van der Waals surface area contributed by atoms with Crippen molar-refractivity contribution in [3.63, 3.8) is 0 Å². The molecule has 0 atom stereocenters. The largest absolute Gasteiger partial charge is 0.438 e. The average molecular weight is 309 g/mol. The number of rotatable bonds is 4. The normalized spacial score (nSPS) is 11.7. The first kappa shape index (κ1) is 15.2. The van der Waals surface area contributed by atoms with Gasteiger partial charge in [0.1, 0.15) is 11.3 Å². The standard InChI is InChI=1S/C14H17ClN4O2/c1-4-9-7-10(5-6-11(9)15)21-14-12(13(16)18-20)8(2)17-19(14)3/h5-7,20H,4H2,1-3H3,(H2,16,18). The minimum Gasteiger partial charge on any atom is -0.438 e. The summed E-state index contributed by atoms with van der Waals surface area (Å²) in [6.07, 6.45) is 0.799. The summed E-state index contributed by atoms with van der Waals surface area (Å²) in [5.41, 5.74) is 7.76. The third-order valence-electron chi connectivity index (χ3n) is 3.15. The third-order valence-corrected chi connectivity index (χ3v) is 3.51. The molecule has 21 heavy (non-hydrogen) atoms. The van der Waals surface area contributed by atoms with Crippen LogP contribution >= 0.6 is 11.6 Å². The molecular formula is C14H17ClN4O2. The molecule has 1 heterocycles. The SMILES string of the molecule is CCc1cc(Oc2c(C(N)=NO)c(C)nn2C)ccc1Cl. The van der Waals surface area contributed by atoms with Gasteiger partial charge in [0, 0.05) is 12.1 Å². The number of ether oxygens (including phenoxy) is 1. The first-order valence-corrected chi connectivity index (χ1v) is 6.83. The van der Waals surface area contributed by atoms with Gasteiger partial charge in [0.25, 0.3) is 0 Å². The molecule has 0 fully saturated rings. The van der Waals surface area contributed by atoms with Crippen molar-refractivity contribution < 1.29 is 9.94 Å². The zero-order chi connectivity index (χ0) is 15.6. The molecule has 2 aromatic rings. The van der Waals surface area contributed by atoms with Crippen molar-refractivity contribution >= 4 is 17.4 Å². The molecule has 112 valence electrons. The van der Waals surface area contributed by atoms with Gasteiger partial charge in [-0.05, 0) is 37.1 Å². The minimum absolute atomic E-state index is 0.0414. The van der Waals surface area contributed by atoms with Gasteiger partial charge in [-0.2, -0.15) is 5.10 Å². The van der Waals surface area contributed by atoms with E-state index < -0.39 is 0 Å². The fourth-order valence-corrected chi connectivity index (χ4v) is 2.35. The quantitative estimate of drug-likeness (QED) is 0.393. The van der Waals surface area contributed by atoms with Crippen LogP contribution in [0, 0.1) is 6.92 Å². The number of hydrogen-bond acceptors (Lipinski definition) is 4. The van der Waals surface area contributed by atoms with E-state index in [1.807, 2.05) is 13.0 Å². The van der Waals surface area contributed by atoms with Crippen LogP contribution in [0.2, 0.25) is 5.02 Å². The first-order chi connectivity index (χ1) is 9.97. The van der Waals surface area contributed by atoms with Crippen LogP contribution in [-0.4, -0.2) is 20.8 Å². The molecule has 0 aliphatic carbocycles. The molecule has 6 nitrogen and oxygen atoms in total. The number of benzene rings is 1. The van der Waals surface area contributed by atoms with Gasteiger partial charge in [-0.3, -0.25) is 0 Å². The van der Waals surface area contributed by atoms with E-state index in [-0.39, 0.29) is 5.84 Å². The first-order valence-electron chi connectivity index (χ1n) is 6.45. The Morgan fingerprint density at radius 1 is 1.52 bits per heavy atom. The van der Waals surface area contributed by atoms with Crippen LogP contribution in [0.5, 0.6) is 11.6 Å². The van der Waals surface area contributed by atoms with Gasteiger partial charge in [-0.15, -0.1) is 0 Å². The van der Waals surface area contributed by atoms with E-state index in [1.54, 1.807) is 30.8 Å². The van der Waals surface area contributed by atoms with E-state index in [4.69, 9.17) is 27.3 Å². The highest BCUT2D eigenvalue weighted by molar-refractivity contribution is 6.31.